The highest BCUT2D eigenvalue weighted by Gasteiger charge is 2.43. The number of fused-ring (bicyclic) bond motifs is 2. The van der Waals surface area contributed by atoms with Crippen LogP contribution in [-0.2, 0) is 4.79 Å². The number of alkyl halides is 1. The van der Waals surface area contributed by atoms with Gasteiger partial charge in [0.25, 0.3) is 0 Å². The SMILES string of the molecule is [C-]#[N+]c1c(-c2ccn3nc(NC(=O)[C@@H]4C[C@@H]4F)cc3c2)cnc2[nH]ccc12. The summed E-state index contributed by atoms with van der Waals surface area (Å²) in [6, 6.07) is 7.27. The number of nitrogens with zero attached hydrogens (tertiary/aromatic N) is 4. The average Bonchev–Trinajstić information content (AvgIpc) is 3.07. The predicted octanol–water partition coefficient (Wildman–Crippen LogP) is 3.72. The van der Waals surface area contributed by atoms with Gasteiger partial charge in [-0.2, -0.15) is 5.10 Å². The van der Waals surface area contributed by atoms with E-state index in [1.165, 1.54) is 0 Å². The van der Waals surface area contributed by atoms with Crippen LogP contribution in [-0.4, -0.2) is 31.7 Å². The van der Waals surface area contributed by atoms with Crippen molar-refractivity contribution in [2.75, 3.05) is 5.32 Å². The third-order valence-electron chi connectivity index (χ3n) is 4.74. The third kappa shape index (κ3) is 2.52. The summed E-state index contributed by atoms with van der Waals surface area (Å²) in [6.45, 7) is 7.55. The number of rotatable bonds is 3. The minimum atomic E-state index is -1.04. The Morgan fingerprint density at radius 3 is 3.04 bits per heavy atom. The van der Waals surface area contributed by atoms with Gasteiger partial charge in [-0.05, 0) is 30.2 Å². The minimum absolute atomic E-state index is 0.275. The van der Waals surface area contributed by atoms with Gasteiger partial charge in [-0.1, -0.05) is 0 Å². The predicted molar refractivity (Wildman–Crippen MR) is 98.2 cm³/mol. The van der Waals surface area contributed by atoms with Crippen LogP contribution >= 0.6 is 0 Å². The lowest BCUT2D eigenvalue weighted by molar-refractivity contribution is -0.117. The molecule has 1 aliphatic carbocycles. The van der Waals surface area contributed by atoms with Gasteiger partial charge in [-0.15, -0.1) is 0 Å². The molecule has 7 nitrogen and oxygen atoms in total. The number of aromatic nitrogens is 4. The number of nitrogens with one attached hydrogen (secondary N) is 2. The molecule has 2 atom stereocenters. The van der Waals surface area contributed by atoms with Crippen molar-refractivity contribution in [3.05, 3.63) is 54.3 Å². The summed E-state index contributed by atoms with van der Waals surface area (Å²) >= 11 is 0. The van der Waals surface area contributed by atoms with Crippen LogP contribution in [0.4, 0.5) is 15.9 Å². The zero-order valence-electron chi connectivity index (χ0n) is 14.0. The lowest BCUT2D eigenvalue weighted by Gasteiger charge is -2.05. The van der Waals surface area contributed by atoms with E-state index in [0.717, 1.165) is 22.0 Å². The Bertz CT molecular complexity index is 1250. The Hall–Kier alpha value is -3.73. The number of H-pyrrole nitrogens is 1. The molecule has 0 bridgehead atoms. The number of hydrogen-bond acceptors (Lipinski definition) is 3. The molecule has 5 rings (SSSR count). The van der Waals surface area contributed by atoms with Gasteiger partial charge < -0.3 is 10.3 Å². The fraction of sp³-hybridized carbons (Fsp3) is 0.158. The standard InChI is InChI=1S/C19H13FN6O/c1-21-17-12-2-4-22-18(12)23-9-14(17)10-3-5-26-11(6-10)7-16(25-26)24-19(27)13-8-15(13)20/h2-7,9,13,15H,8H2,(H,22,23)(H,24,25,27)/t13-,15+/m1/s1. The fourth-order valence-electron chi connectivity index (χ4n) is 3.20. The van der Waals surface area contributed by atoms with Gasteiger partial charge in [0.15, 0.2) is 5.82 Å². The van der Waals surface area contributed by atoms with Gasteiger partial charge in [0.2, 0.25) is 11.6 Å². The first-order chi connectivity index (χ1) is 13.1. The van der Waals surface area contributed by atoms with E-state index in [2.05, 4.69) is 25.2 Å². The molecule has 1 aliphatic rings. The molecule has 0 spiro atoms. The lowest BCUT2D eigenvalue weighted by atomic mass is 10.1. The van der Waals surface area contributed by atoms with Crippen LogP contribution in [0.25, 0.3) is 32.5 Å². The molecule has 1 fully saturated rings. The Morgan fingerprint density at radius 2 is 2.26 bits per heavy atom. The highest BCUT2D eigenvalue weighted by Crippen LogP contribution is 2.37. The van der Waals surface area contributed by atoms with Crippen LogP contribution in [0.2, 0.25) is 0 Å². The zero-order valence-corrected chi connectivity index (χ0v) is 14.0. The minimum Gasteiger partial charge on any atom is -0.347 e. The largest absolute Gasteiger partial charge is 0.347 e. The summed E-state index contributed by atoms with van der Waals surface area (Å²) in [5, 5.41) is 7.71. The fourth-order valence-corrected chi connectivity index (χ4v) is 3.20. The summed E-state index contributed by atoms with van der Waals surface area (Å²) < 4.78 is 14.6. The first-order valence-electron chi connectivity index (χ1n) is 8.42. The molecule has 1 saturated carbocycles. The number of aromatic amines is 1. The molecule has 0 saturated heterocycles. The van der Waals surface area contributed by atoms with E-state index in [9.17, 15) is 9.18 Å². The van der Waals surface area contributed by atoms with Crippen molar-refractivity contribution in [2.24, 2.45) is 5.92 Å². The number of pyridine rings is 2. The maximum atomic E-state index is 13.0. The molecule has 4 aromatic heterocycles. The number of amides is 1. The Kier molecular flexibility index (Phi) is 3.24. The van der Waals surface area contributed by atoms with Crippen LogP contribution in [0.5, 0.6) is 0 Å². The highest BCUT2D eigenvalue weighted by atomic mass is 19.1. The molecule has 0 aliphatic heterocycles. The van der Waals surface area contributed by atoms with Crippen LogP contribution in [0.3, 0.4) is 0 Å². The molecule has 4 aromatic rings. The number of carbonyl (C=O) groups is 1. The maximum absolute atomic E-state index is 13.0. The van der Waals surface area contributed by atoms with Crippen molar-refractivity contribution in [2.45, 2.75) is 12.6 Å². The molecule has 0 radical (unpaired) electrons. The first kappa shape index (κ1) is 15.5. The van der Waals surface area contributed by atoms with Crippen LogP contribution in [0.15, 0.2) is 42.9 Å². The molecule has 27 heavy (non-hydrogen) atoms. The summed E-state index contributed by atoms with van der Waals surface area (Å²) in [5.41, 5.74) is 3.51. The van der Waals surface area contributed by atoms with Crippen LogP contribution in [0, 0.1) is 12.5 Å². The summed E-state index contributed by atoms with van der Waals surface area (Å²) in [7, 11) is 0. The molecular weight excluding hydrogens is 347 g/mol. The van der Waals surface area contributed by atoms with E-state index >= 15 is 0 Å². The summed E-state index contributed by atoms with van der Waals surface area (Å²) in [4.78, 5) is 22.9. The number of anilines is 1. The first-order valence-corrected chi connectivity index (χ1v) is 8.42. The number of halogens is 1. The number of carbonyl (C=O) groups excluding carboxylic acids is 1. The van der Waals surface area contributed by atoms with Crippen molar-refractivity contribution in [3.63, 3.8) is 0 Å². The van der Waals surface area contributed by atoms with Gasteiger partial charge in [0, 0.05) is 35.6 Å². The Labute approximate surface area is 152 Å². The molecule has 132 valence electrons. The van der Waals surface area contributed by atoms with Gasteiger partial charge in [0.1, 0.15) is 11.8 Å². The van der Waals surface area contributed by atoms with Crippen LogP contribution in [0.1, 0.15) is 6.42 Å². The molecule has 2 N–H and O–H groups in total. The van der Waals surface area contributed by atoms with E-state index in [1.54, 1.807) is 29.2 Å². The average molecular weight is 360 g/mol. The molecule has 4 heterocycles. The third-order valence-corrected chi connectivity index (χ3v) is 4.74. The topological polar surface area (TPSA) is 79.4 Å². The molecule has 1 amide bonds. The summed E-state index contributed by atoms with van der Waals surface area (Å²) in [6.07, 6.45) is 4.41. The van der Waals surface area contributed by atoms with Crippen molar-refractivity contribution >= 4 is 34.0 Å². The monoisotopic (exact) mass is 360 g/mol. The second-order valence-electron chi connectivity index (χ2n) is 6.53. The maximum Gasteiger partial charge on any atom is 0.231 e. The van der Waals surface area contributed by atoms with E-state index in [1.807, 2.05) is 18.2 Å². The quantitative estimate of drug-likeness (QED) is 0.547. The molecular formula is C19H13FN6O. The normalized spacial score (nSPS) is 18.5. The molecule has 0 unspecified atom stereocenters. The van der Waals surface area contributed by atoms with Gasteiger partial charge in [-0.25, -0.2) is 18.7 Å². The van der Waals surface area contributed by atoms with Crippen LogP contribution < -0.4 is 5.32 Å². The molecule has 0 aromatic carbocycles. The van der Waals surface area contributed by atoms with Crippen molar-refractivity contribution < 1.29 is 9.18 Å². The van der Waals surface area contributed by atoms with E-state index in [0.29, 0.717) is 17.2 Å². The second kappa shape index (κ2) is 5.64. The van der Waals surface area contributed by atoms with Gasteiger partial charge >= 0.3 is 0 Å². The zero-order chi connectivity index (χ0) is 18.5. The smallest absolute Gasteiger partial charge is 0.231 e. The number of hydrogen-bond donors (Lipinski definition) is 2. The van der Waals surface area contributed by atoms with Gasteiger partial charge in [-0.3, -0.25) is 4.79 Å². The van der Waals surface area contributed by atoms with Crippen molar-refractivity contribution in [1.29, 1.82) is 0 Å². The highest BCUT2D eigenvalue weighted by molar-refractivity contribution is 5.99. The summed E-state index contributed by atoms with van der Waals surface area (Å²) in [5.74, 6) is -0.532. The van der Waals surface area contributed by atoms with E-state index in [4.69, 9.17) is 6.57 Å². The Balaban J connectivity index is 1.53. The Morgan fingerprint density at radius 1 is 1.41 bits per heavy atom. The van der Waals surface area contributed by atoms with E-state index in [-0.39, 0.29) is 12.3 Å². The lowest BCUT2D eigenvalue weighted by Crippen LogP contribution is -2.15. The van der Waals surface area contributed by atoms with Crippen molar-refractivity contribution in [1.82, 2.24) is 19.6 Å². The van der Waals surface area contributed by atoms with Crippen molar-refractivity contribution in [3.8, 4) is 11.1 Å². The van der Waals surface area contributed by atoms with Gasteiger partial charge in [0.05, 0.1) is 18.0 Å². The molecule has 8 heteroatoms. The van der Waals surface area contributed by atoms with E-state index < -0.39 is 12.1 Å². The second-order valence-corrected chi connectivity index (χ2v) is 6.53.